The summed E-state index contributed by atoms with van der Waals surface area (Å²) in [5, 5.41) is 3.54. The van der Waals surface area contributed by atoms with Crippen LogP contribution in [0.3, 0.4) is 0 Å². The van der Waals surface area contributed by atoms with Crippen molar-refractivity contribution >= 4 is 28.5 Å². The van der Waals surface area contributed by atoms with Crippen molar-refractivity contribution in [1.82, 2.24) is 15.3 Å². The molecule has 1 saturated carbocycles. The second-order valence-corrected chi connectivity index (χ2v) is 7.23. The number of H-pyrrole nitrogens is 1. The molecule has 0 radical (unpaired) electrons. The number of carbonyl (C=O) groups is 1. The highest BCUT2D eigenvalue weighted by molar-refractivity contribution is 6.35. The SMILES string of the molecule is CC1(C)CCc2c1[nH]c1c(Cl)cc(C(=O)NC3CC3)nc21. The van der Waals surface area contributed by atoms with Gasteiger partial charge >= 0.3 is 0 Å². The number of aromatic amines is 1. The zero-order chi connectivity index (χ0) is 14.8. The standard InChI is InChI=1S/C16H18ClN3O/c1-16(2)6-5-9-12-13(20-14(9)16)10(17)7-11(19-12)15(21)18-8-3-4-8/h7-8,20H,3-6H2,1-2H3,(H,18,21). The maximum Gasteiger partial charge on any atom is 0.270 e. The quantitative estimate of drug-likeness (QED) is 0.894. The Kier molecular flexibility index (Phi) is 2.65. The second kappa shape index (κ2) is 4.23. The topological polar surface area (TPSA) is 57.8 Å². The highest BCUT2D eigenvalue weighted by Crippen LogP contribution is 2.42. The number of pyridine rings is 1. The van der Waals surface area contributed by atoms with Gasteiger partial charge in [0.15, 0.2) is 0 Å². The molecule has 2 aromatic rings. The Bertz CT molecular complexity index is 758. The summed E-state index contributed by atoms with van der Waals surface area (Å²) in [5.41, 5.74) is 4.70. The summed E-state index contributed by atoms with van der Waals surface area (Å²) >= 11 is 6.37. The molecule has 0 spiro atoms. The van der Waals surface area contributed by atoms with Crippen LogP contribution in [0.5, 0.6) is 0 Å². The molecule has 4 rings (SSSR count). The first-order chi connectivity index (χ1) is 9.95. The summed E-state index contributed by atoms with van der Waals surface area (Å²) in [6.45, 7) is 4.45. The Hall–Kier alpha value is -1.55. The van der Waals surface area contributed by atoms with E-state index in [1.54, 1.807) is 6.07 Å². The van der Waals surface area contributed by atoms with Crippen molar-refractivity contribution in [2.24, 2.45) is 0 Å². The molecule has 110 valence electrons. The molecule has 2 aromatic heterocycles. The number of aryl methyl sites for hydroxylation is 1. The fourth-order valence-electron chi connectivity index (χ4n) is 3.16. The molecule has 0 bridgehead atoms. The van der Waals surface area contributed by atoms with Gasteiger partial charge in [-0.05, 0) is 37.3 Å². The van der Waals surface area contributed by atoms with Gasteiger partial charge in [-0.2, -0.15) is 0 Å². The number of amides is 1. The first kappa shape index (κ1) is 13.1. The van der Waals surface area contributed by atoms with Crippen LogP contribution in [0.2, 0.25) is 5.02 Å². The van der Waals surface area contributed by atoms with E-state index in [1.807, 2.05) is 0 Å². The van der Waals surface area contributed by atoms with Gasteiger partial charge in [-0.1, -0.05) is 25.4 Å². The van der Waals surface area contributed by atoms with Gasteiger partial charge in [0.1, 0.15) is 5.69 Å². The van der Waals surface area contributed by atoms with Crippen LogP contribution in [0.1, 0.15) is 54.9 Å². The van der Waals surface area contributed by atoms with Gasteiger partial charge in [-0.15, -0.1) is 0 Å². The van der Waals surface area contributed by atoms with Crippen LogP contribution in [0, 0.1) is 0 Å². The molecule has 0 aromatic carbocycles. The van der Waals surface area contributed by atoms with E-state index < -0.39 is 0 Å². The zero-order valence-electron chi connectivity index (χ0n) is 12.2. The molecule has 21 heavy (non-hydrogen) atoms. The molecule has 0 aliphatic heterocycles. The lowest BCUT2D eigenvalue weighted by Gasteiger charge is -2.16. The summed E-state index contributed by atoms with van der Waals surface area (Å²) in [6.07, 6.45) is 4.21. The first-order valence-electron chi connectivity index (χ1n) is 7.48. The van der Waals surface area contributed by atoms with Crippen molar-refractivity contribution in [3.63, 3.8) is 0 Å². The lowest BCUT2D eigenvalue weighted by Crippen LogP contribution is -2.26. The fourth-order valence-corrected chi connectivity index (χ4v) is 3.40. The van der Waals surface area contributed by atoms with E-state index in [-0.39, 0.29) is 11.3 Å². The average molecular weight is 304 g/mol. The van der Waals surface area contributed by atoms with E-state index in [0.29, 0.717) is 16.8 Å². The number of aromatic nitrogens is 2. The average Bonchev–Trinajstić information content (AvgIpc) is 3.06. The lowest BCUT2D eigenvalue weighted by molar-refractivity contribution is 0.0946. The molecule has 2 N–H and O–H groups in total. The van der Waals surface area contributed by atoms with E-state index in [1.165, 1.54) is 11.3 Å². The maximum absolute atomic E-state index is 12.2. The monoisotopic (exact) mass is 303 g/mol. The predicted molar refractivity (Wildman–Crippen MR) is 82.9 cm³/mol. The van der Waals surface area contributed by atoms with Gasteiger partial charge in [0.2, 0.25) is 0 Å². The Labute approximate surface area is 128 Å². The minimum atomic E-state index is -0.117. The third-order valence-corrected chi connectivity index (χ3v) is 4.93. The van der Waals surface area contributed by atoms with Crippen LogP contribution in [-0.2, 0) is 11.8 Å². The lowest BCUT2D eigenvalue weighted by atomic mass is 9.91. The number of hydrogen-bond acceptors (Lipinski definition) is 2. The van der Waals surface area contributed by atoms with Crippen molar-refractivity contribution in [3.8, 4) is 0 Å². The first-order valence-corrected chi connectivity index (χ1v) is 7.86. The number of hydrogen-bond donors (Lipinski definition) is 2. The van der Waals surface area contributed by atoms with Crippen molar-refractivity contribution in [1.29, 1.82) is 0 Å². The molecule has 5 heteroatoms. The summed E-state index contributed by atoms with van der Waals surface area (Å²) in [6, 6.07) is 1.99. The molecular weight excluding hydrogens is 286 g/mol. The molecular formula is C16H18ClN3O. The molecule has 4 nitrogen and oxygen atoms in total. The number of carbonyl (C=O) groups excluding carboxylic acids is 1. The van der Waals surface area contributed by atoms with Gasteiger partial charge in [0.05, 0.1) is 16.1 Å². The summed E-state index contributed by atoms with van der Waals surface area (Å²) in [5.74, 6) is -0.117. The highest BCUT2D eigenvalue weighted by Gasteiger charge is 2.34. The van der Waals surface area contributed by atoms with Gasteiger partial charge in [-0.25, -0.2) is 4.98 Å². The molecule has 0 unspecified atom stereocenters. The third-order valence-electron chi connectivity index (χ3n) is 4.63. The Morgan fingerprint density at radius 2 is 2.24 bits per heavy atom. The largest absolute Gasteiger partial charge is 0.355 e. The molecule has 2 heterocycles. The number of nitrogens with zero attached hydrogens (tertiary/aromatic N) is 1. The highest BCUT2D eigenvalue weighted by atomic mass is 35.5. The van der Waals surface area contributed by atoms with Gasteiger partial charge < -0.3 is 10.3 Å². The van der Waals surface area contributed by atoms with Crippen LogP contribution in [-0.4, -0.2) is 21.9 Å². The number of rotatable bonds is 2. The Balaban J connectivity index is 1.83. The summed E-state index contributed by atoms with van der Waals surface area (Å²) in [4.78, 5) is 20.2. The summed E-state index contributed by atoms with van der Waals surface area (Å²) in [7, 11) is 0. The van der Waals surface area contributed by atoms with Crippen LogP contribution < -0.4 is 5.32 Å². The smallest absolute Gasteiger partial charge is 0.270 e. The van der Waals surface area contributed by atoms with E-state index in [4.69, 9.17) is 11.6 Å². The number of fused-ring (bicyclic) bond motifs is 3. The van der Waals surface area contributed by atoms with Gasteiger partial charge in [-0.3, -0.25) is 4.79 Å². The maximum atomic E-state index is 12.2. The Morgan fingerprint density at radius 3 is 2.95 bits per heavy atom. The molecule has 2 aliphatic carbocycles. The molecule has 0 atom stereocenters. The van der Waals surface area contributed by atoms with E-state index in [0.717, 1.165) is 36.7 Å². The van der Waals surface area contributed by atoms with Crippen molar-refractivity contribution in [2.75, 3.05) is 0 Å². The van der Waals surface area contributed by atoms with E-state index in [9.17, 15) is 4.79 Å². The number of halogens is 1. The van der Waals surface area contributed by atoms with Gasteiger partial charge in [0, 0.05) is 17.2 Å². The predicted octanol–water partition coefficient (Wildman–Crippen LogP) is 3.33. The zero-order valence-corrected chi connectivity index (χ0v) is 13.0. The van der Waals surface area contributed by atoms with Gasteiger partial charge in [0.25, 0.3) is 5.91 Å². The minimum absolute atomic E-state index is 0.117. The van der Waals surface area contributed by atoms with Crippen LogP contribution >= 0.6 is 11.6 Å². The molecule has 1 fully saturated rings. The molecule has 2 aliphatic rings. The fraction of sp³-hybridized carbons (Fsp3) is 0.500. The summed E-state index contributed by atoms with van der Waals surface area (Å²) < 4.78 is 0. The molecule has 1 amide bonds. The number of nitrogens with one attached hydrogen (secondary N) is 2. The van der Waals surface area contributed by atoms with E-state index >= 15 is 0 Å². The van der Waals surface area contributed by atoms with Crippen molar-refractivity contribution in [2.45, 2.75) is 51.0 Å². The Morgan fingerprint density at radius 1 is 1.48 bits per heavy atom. The van der Waals surface area contributed by atoms with Crippen LogP contribution in [0.4, 0.5) is 0 Å². The normalized spacial score (nSPS) is 19.8. The van der Waals surface area contributed by atoms with E-state index in [2.05, 4.69) is 29.1 Å². The van der Waals surface area contributed by atoms with Crippen LogP contribution in [0.25, 0.3) is 11.0 Å². The third kappa shape index (κ3) is 2.04. The molecule has 0 saturated heterocycles. The second-order valence-electron chi connectivity index (χ2n) is 6.82. The van der Waals surface area contributed by atoms with Crippen LogP contribution in [0.15, 0.2) is 6.07 Å². The van der Waals surface area contributed by atoms with Crippen molar-refractivity contribution in [3.05, 3.63) is 28.0 Å². The van der Waals surface area contributed by atoms with Crippen molar-refractivity contribution < 1.29 is 4.79 Å². The minimum Gasteiger partial charge on any atom is -0.355 e.